The van der Waals surface area contributed by atoms with E-state index in [9.17, 15) is 4.79 Å². The molecule has 0 atom stereocenters. The molecule has 0 N–H and O–H groups in total. The van der Waals surface area contributed by atoms with Crippen LogP contribution < -0.4 is 0 Å². The molecule has 3 rings (SSSR count). The molecule has 100 valence electrons. The van der Waals surface area contributed by atoms with Gasteiger partial charge in [-0.25, -0.2) is 4.98 Å². The molecule has 1 heterocycles. The first-order valence-electron chi connectivity index (χ1n) is 6.28. The first-order chi connectivity index (χ1) is 9.65. The van der Waals surface area contributed by atoms with E-state index in [2.05, 4.69) is 4.98 Å². The lowest BCUT2D eigenvalue weighted by Crippen LogP contribution is -1.95. The summed E-state index contributed by atoms with van der Waals surface area (Å²) >= 11 is 6.30. The number of oxazole rings is 1. The molecule has 20 heavy (non-hydrogen) atoms. The van der Waals surface area contributed by atoms with Crippen LogP contribution in [0.2, 0.25) is 5.02 Å². The molecule has 1 aromatic heterocycles. The topological polar surface area (TPSA) is 43.1 Å². The van der Waals surface area contributed by atoms with E-state index in [1.165, 1.54) is 6.92 Å². The molecule has 0 spiro atoms. The van der Waals surface area contributed by atoms with Gasteiger partial charge in [-0.1, -0.05) is 41.9 Å². The number of ketones is 1. The van der Waals surface area contributed by atoms with Crippen LogP contribution in [0.25, 0.3) is 22.2 Å². The number of halogens is 1. The third kappa shape index (κ3) is 2.32. The fourth-order valence-electron chi connectivity index (χ4n) is 2.18. The molecule has 0 aliphatic rings. The Bertz CT molecular complexity index is 778. The van der Waals surface area contributed by atoms with Gasteiger partial charge in [-0.15, -0.1) is 0 Å². The quantitative estimate of drug-likeness (QED) is 0.721. The highest BCUT2D eigenvalue weighted by molar-refractivity contribution is 6.34. The molecule has 0 aliphatic heterocycles. The van der Waals surface area contributed by atoms with Crippen molar-refractivity contribution in [1.82, 2.24) is 4.98 Å². The van der Waals surface area contributed by atoms with E-state index in [1.54, 1.807) is 12.1 Å². The van der Waals surface area contributed by atoms with Crippen LogP contribution in [0.1, 0.15) is 12.8 Å². The van der Waals surface area contributed by atoms with Crippen molar-refractivity contribution in [3.8, 4) is 11.1 Å². The molecule has 0 amide bonds. The average Bonchev–Trinajstić information content (AvgIpc) is 2.81. The van der Waals surface area contributed by atoms with E-state index in [-0.39, 0.29) is 12.2 Å². The van der Waals surface area contributed by atoms with E-state index in [1.807, 2.05) is 30.3 Å². The Morgan fingerprint density at radius 1 is 1.20 bits per heavy atom. The number of hydrogen-bond donors (Lipinski definition) is 0. The van der Waals surface area contributed by atoms with Crippen molar-refractivity contribution in [3.63, 3.8) is 0 Å². The van der Waals surface area contributed by atoms with Crippen LogP contribution in [0.3, 0.4) is 0 Å². The maximum Gasteiger partial charge on any atom is 0.202 e. The second kappa shape index (κ2) is 5.10. The summed E-state index contributed by atoms with van der Waals surface area (Å²) in [5, 5.41) is 0.617. The zero-order chi connectivity index (χ0) is 14.1. The van der Waals surface area contributed by atoms with Crippen molar-refractivity contribution in [1.29, 1.82) is 0 Å². The van der Waals surface area contributed by atoms with Gasteiger partial charge in [0.05, 0.1) is 11.4 Å². The number of Topliss-reactive ketones (excluding diaryl/α,β-unsaturated/α-hetero) is 1. The second-order valence-corrected chi connectivity index (χ2v) is 5.03. The molecular weight excluding hydrogens is 274 g/mol. The van der Waals surface area contributed by atoms with Crippen molar-refractivity contribution < 1.29 is 9.21 Å². The minimum atomic E-state index is 0.0175. The fraction of sp³-hybridized carbons (Fsp3) is 0.125. The monoisotopic (exact) mass is 285 g/mol. The third-order valence-electron chi connectivity index (χ3n) is 3.02. The van der Waals surface area contributed by atoms with Crippen molar-refractivity contribution >= 4 is 28.5 Å². The highest BCUT2D eigenvalue weighted by atomic mass is 35.5. The van der Waals surface area contributed by atoms with Crippen molar-refractivity contribution in [3.05, 3.63) is 53.4 Å². The van der Waals surface area contributed by atoms with E-state index in [0.717, 1.165) is 11.1 Å². The number of benzene rings is 2. The third-order valence-corrected chi connectivity index (χ3v) is 3.33. The Labute approximate surface area is 121 Å². The molecule has 0 aliphatic carbocycles. The van der Waals surface area contributed by atoms with Crippen molar-refractivity contribution in [2.24, 2.45) is 0 Å². The van der Waals surface area contributed by atoms with Gasteiger partial charge in [0, 0.05) is 5.56 Å². The van der Waals surface area contributed by atoms with Crippen molar-refractivity contribution in [2.45, 2.75) is 13.3 Å². The number of fused-ring (bicyclic) bond motifs is 1. The van der Waals surface area contributed by atoms with Crippen LogP contribution in [0.15, 0.2) is 46.9 Å². The van der Waals surface area contributed by atoms with Gasteiger partial charge < -0.3 is 4.42 Å². The first-order valence-corrected chi connectivity index (χ1v) is 6.66. The average molecular weight is 286 g/mol. The Balaban J connectivity index is 2.22. The van der Waals surface area contributed by atoms with E-state index < -0.39 is 0 Å². The molecule has 0 saturated heterocycles. The summed E-state index contributed by atoms with van der Waals surface area (Å²) in [6.45, 7) is 1.51. The predicted molar refractivity (Wildman–Crippen MR) is 78.8 cm³/mol. The Morgan fingerprint density at radius 2 is 1.95 bits per heavy atom. The lowest BCUT2D eigenvalue weighted by atomic mass is 10.0. The number of hydrogen-bond acceptors (Lipinski definition) is 3. The highest BCUT2D eigenvalue weighted by Gasteiger charge is 2.15. The Morgan fingerprint density at radius 3 is 2.65 bits per heavy atom. The highest BCUT2D eigenvalue weighted by Crippen LogP contribution is 2.35. The van der Waals surface area contributed by atoms with E-state index in [0.29, 0.717) is 22.0 Å². The van der Waals surface area contributed by atoms with Crippen LogP contribution in [0.5, 0.6) is 0 Å². The predicted octanol–water partition coefficient (Wildman–Crippen LogP) is 4.28. The maximum absolute atomic E-state index is 11.2. The van der Waals surface area contributed by atoms with E-state index >= 15 is 0 Å². The number of carbonyl (C=O) groups is 1. The number of rotatable bonds is 3. The van der Waals surface area contributed by atoms with E-state index in [4.69, 9.17) is 16.0 Å². The smallest absolute Gasteiger partial charge is 0.202 e. The van der Waals surface area contributed by atoms with Gasteiger partial charge in [-0.05, 0) is 24.6 Å². The van der Waals surface area contributed by atoms with Crippen LogP contribution in [0.4, 0.5) is 0 Å². The van der Waals surface area contributed by atoms with Crippen LogP contribution in [0, 0.1) is 0 Å². The van der Waals surface area contributed by atoms with Gasteiger partial charge in [0.25, 0.3) is 0 Å². The molecule has 0 saturated carbocycles. The molecule has 0 unspecified atom stereocenters. The normalized spacial score (nSPS) is 10.9. The minimum absolute atomic E-state index is 0.0175. The summed E-state index contributed by atoms with van der Waals surface area (Å²) in [5.74, 6) is 0.441. The summed E-state index contributed by atoms with van der Waals surface area (Å²) in [4.78, 5) is 15.6. The van der Waals surface area contributed by atoms with Gasteiger partial charge in [0.15, 0.2) is 5.58 Å². The maximum atomic E-state index is 11.2. The van der Waals surface area contributed by atoms with Gasteiger partial charge in [-0.2, -0.15) is 0 Å². The molecular formula is C16H12ClNO2. The Hall–Kier alpha value is -2.13. The van der Waals surface area contributed by atoms with Crippen LogP contribution >= 0.6 is 11.6 Å². The van der Waals surface area contributed by atoms with Crippen LogP contribution in [-0.4, -0.2) is 10.8 Å². The fourth-order valence-corrected chi connectivity index (χ4v) is 2.44. The summed E-state index contributed by atoms with van der Waals surface area (Å²) < 4.78 is 5.61. The second-order valence-electron chi connectivity index (χ2n) is 4.62. The molecule has 2 aromatic carbocycles. The lowest BCUT2D eigenvalue weighted by Gasteiger charge is -2.04. The molecule has 0 radical (unpaired) electrons. The zero-order valence-electron chi connectivity index (χ0n) is 10.9. The van der Waals surface area contributed by atoms with Gasteiger partial charge in [-0.3, -0.25) is 4.79 Å². The molecule has 3 nitrogen and oxygen atoms in total. The van der Waals surface area contributed by atoms with Gasteiger partial charge in [0.2, 0.25) is 5.89 Å². The first kappa shape index (κ1) is 12.9. The largest absolute Gasteiger partial charge is 0.440 e. The van der Waals surface area contributed by atoms with Gasteiger partial charge in [0.1, 0.15) is 11.3 Å². The zero-order valence-corrected chi connectivity index (χ0v) is 11.6. The Kier molecular flexibility index (Phi) is 3.28. The van der Waals surface area contributed by atoms with Crippen LogP contribution in [-0.2, 0) is 11.2 Å². The molecule has 3 aromatic rings. The summed E-state index contributed by atoms with van der Waals surface area (Å²) in [7, 11) is 0. The minimum Gasteiger partial charge on any atom is -0.440 e. The molecule has 0 fully saturated rings. The number of nitrogens with zero attached hydrogens (tertiary/aromatic N) is 1. The number of aromatic nitrogens is 1. The SMILES string of the molecule is CC(=O)Cc1nc2c(-c3ccccc3)c(Cl)ccc2o1. The van der Waals surface area contributed by atoms with Gasteiger partial charge >= 0.3 is 0 Å². The standard InChI is InChI=1S/C16H12ClNO2/c1-10(19)9-14-18-16-13(20-14)8-7-12(17)15(16)11-5-3-2-4-6-11/h2-8H,9H2,1H3. The summed E-state index contributed by atoms with van der Waals surface area (Å²) in [5.41, 5.74) is 3.15. The molecule has 0 bridgehead atoms. The lowest BCUT2D eigenvalue weighted by molar-refractivity contribution is -0.116. The number of carbonyl (C=O) groups excluding carboxylic acids is 1. The van der Waals surface area contributed by atoms with Crippen molar-refractivity contribution in [2.75, 3.05) is 0 Å². The summed E-state index contributed by atoms with van der Waals surface area (Å²) in [6.07, 6.45) is 0.195. The molecule has 4 heteroatoms. The summed E-state index contributed by atoms with van der Waals surface area (Å²) in [6, 6.07) is 13.3.